The first-order valence-corrected chi connectivity index (χ1v) is 7.82. The number of hydrogen-bond acceptors (Lipinski definition) is 3. The van der Waals surface area contributed by atoms with E-state index in [0.717, 1.165) is 32.5 Å². The average Bonchev–Trinajstić information content (AvgIpc) is 2.39. The first-order chi connectivity index (χ1) is 9.91. The highest BCUT2D eigenvalue weighted by atomic mass is 32.2. The summed E-state index contributed by atoms with van der Waals surface area (Å²) in [4.78, 5) is 11.8. The fourth-order valence-corrected chi connectivity index (χ4v) is 3.76. The van der Waals surface area contributed by atoms with E-state index in [-0.39, 0.29) is 5.78 Å². The number of rotatable bonds is 4. The topological polar surface area (TPSA) is 44.0 Å². The van der Waals surface area contributed by atoms with E-state index < -0.39 is 0 Å². The molecule has 0 atom stereocenters. The van der Waals surface area contributed by atoms with Gasteiger partial charge in [0.15, 0.2) is 12.0 Å². The summed E-state index contributed by atoms with van der Waals surface area (Å²) in [5.74, 6) is 0.777. The molecule has 0 N–H and O–H groups in total. The van der Waals surface area contributed by atoms with Crippen molar-refractivity contribution < 1.29 is 9.52 Å². The molecule has 0 aliphatic carbocycles. The summed E-state index contributed by atoms with van der Waals surface area (Å²) in [5.41, 5.74) is 5.15. The van der Waals surface area contributed by atoms with E-state index in [1.54, 1.807) is 13.0 Å². The highest BCUT2D eigenvalue weighted by Gasteiger charge is 2.15. The van der Waals surface area contributed by atoms with Gasteiger partial charge in [-0.2, -0.15) is 4.73 Å². The van der Waals surface area contributed by atoms with Crippen molar-refractivity contribution >= 4 is 17.5 Å². The molecule has 3 nitrogen and oxygen atoms in total. The van der Waals surface area contributed by atoms with Gasteiger partial charge in [-0.25, -0.2) is 0 Å². The molecule has 0 saturated heterocycles. The van der Waals surface area contributed by atoms with Gasteiger partial charge in [-0.3, -0.25) is 4.79 Å². The number of Topliss-reactive ketones (excluding diaryl/α,β-unsaturated/α-hetero) is 1. The maximum absolute atomic E-state index is 11.8. The first kappa shape index (κ1) is 15.6. The lowest BCUT2D eigenvalue weighted by molar-refractivity contribution is -0.645. The molecule has 1 aromatic carbocycles. The Morgan fingerprint density at radius 3 is 2.57 bits per heavy atom. The number of nitrogens with zero attached hydrogens (tertiary/aromatic N) is 1. The monoisotopic (exact) mass is 301 g/mol. The van der Waals surface area contributed by atoms with Crippen molar-refractivity contribution in [3.8, 4) is 0 Å². The summed E-state index contributed by atoms with van der Waals surface area (Å²) in [6.45, 7) is 7.61. The molecule has 2 rings (SSSR count). The Hall–Kier alpha value is -1.81. The Kier molecular flexibility index (Phi) is 4.68. The van der Waals surface area contributed by atoms with E-state index in [1.165, 1.54) is 18.0 Å². The van der Waals surface area contributed by atoms with Gasteiger partial charge >= 0.3 is 0 Å². The van der Waals surface area contributed by atoms with Crippen LogP contribution >= 0.6 is 11.8 Å². The van der Waals surface area contributed by atoms with Crippen LogP contribution < -0.4 is 4.73 Å². The molecule has 1 heterocycles. The van der Waals surface area contributed by atoms with Gasteiger partial charge in [0.1, 0.15) is 0 Å². The van der Waals surface area contributed by atoms with Crippen LogP contribution in [0.25, 0.3) is 0 Å². The van der Waals surface area contributed by atoms with E-state index in [1.807, 2.05) is 26.0 Å². The Morgan fingerprint density at radius 2 is 1.95 bits per heavy atom. The van der Waals surface area contributed by atoms with Gasteiger partial charge in [0.05, 0.1) is 0 Å². The van der Waals surface area contributed by atoms with Gasteiger partial charge in [-0.1, -0.05) is 17.8 Å². The molecule has 0 amide bonds. The number of carbonyl (C=O) groups excluding carboxylic acids is 1. The van der Waals surface area contributed by atoms with Crippen molar-refractivity contribution in [2.24, 2.45) is 0 Å². The van der Waals surface area contributed by atoms with Crippen LogP contribution in [0.1, 0.15) is 39.5 Å². The number of ketones is 1. The maximum Gasteiger partial charge on any atom is 0.251 e. The van der Waals surface area contributed by atoms with Crippen molar-refractivity contribution in [2.75, 3.05) is 0 Å². The molecule has 0 aliphatic heterocycles. The first-order valence-electron chi connectivity index (χ1n) is 6.83. The van der Waals surface area contributed by atoms with Crippen molar-refractivity contribution in [3.05, 3.63) is 63.5 Å². The van der Waals surface area contributed by atoms with E-state index >= 15 is 0 Å². The summed E-state index contributed by atoms with van der Waals surface area (Å²) in [6.07, 6.45) is 1.50. The van der Waals surface area contributed by atoms with Gasteiger partial charge in [-0.15, -0.1) is 0 Å². The molecule has 0 radical (unpaired) electrons. The van der Waals surface area contributed by atoms with Crippen LogP contribution in [0.4, 0.5) is 0 Å². The fraction of sp³-hybridized carbons (Fsp3) is 0.294. The van der Waals surface area contributed by atoms with Crippen LogP contribution in [-0.2, 0) is 5.75 Å². The third-order valence-electron chi connectivity index (χ3n) is 3.64. The van der Waals surface area contributed by atoms with Gasteiger partial charge in [0.25, 0.3) is 5.03 Å². The number of pyridine rings is 1. The minimum Gasteiger partial charge on any atom is -0.618 e. The van der Waals surface area contributed by atoms with E-state index in [4.69, 9.17) is 0 Å². The van der Waals surface area contributed by atoms with Crippen molar-refractivity contribution in [1.82, 2.24) is 0 Å². The fourth-order valence-electron chi connectivity index (χ4n) is 2.66. The Bertz CT molecular complexity index is 695. The molecular weight excluding hydrogens is 282 g/mol. The van der Waals surface area contributed by atoms with Crippen molar-refractivity contribution in [1.29, 1.82) is 0 Å². The van der Waals surface area contributed by atoms with Crippen LogP contribution in [0, 0.1) is 26.0 Å². The lowest BCUT2D eigenvalue weighted by Crippen LogP contribution is -2.27. The number of aryl methyl sites for hydroxylation is 2. The third-order valence-corrected chi connectivity index (χ3v) is 4.68. The zero-order valence-electron chi connectivity index (χ0n) is 12.8. The summed E-state index contributed by atoms with van der Waals surface area (Å²) >= 11 is 1.49. The molecular formula is C17H19NO2S. The largest absolute Gasteiger partial charge is 0.618 e. The minimum atomic E-state index is 0.0925. The Balaban J connectivity index is 2.35. The van der Waals surface area contributed by atoms with Gasteiger partial charge in [-0.05, 0) is 56.0 Å². The van der Waals surface area contributed by atoms with Crippen molar-refractivity contribution in [2.45, 2.75) is 38.5 Å². The molecule has 21 heavy (non-hydrogen) atoms. The third kappa shape index (κ3) is 3.27. The summed E-state index contributed by atoms with van der Waals surface area (Å²) in [5, 5.41) is 12.3. The molecule has 0 unspecified atom stereocenters. The Labute approximate surface area is 129 Å². The second kappa shape index (κ2) is 6.31. The minimum absolute atomic E-state index is 0.0925. The SMILES string of the molecule is CC(=O)c1c(C)cc(C)c(CSc2cccc[n+]2[O-])c1C. The summed E-state index contributed by atoms with van der Waals surface area (Å²) < 4.78 is 0.870. The molecule has 110 valence electrons. The molecule has 0 bridgehead atoms. The maximum atomic E-state index is 11.8. The zero-order valence-corrected chi connectivity index (χ0v) is 13.6. The highest BCUT2D eigenvalue weighted by molar-refractivity contribution is 7.98. The van der Waals surface area contributed by atoms with Crippen LogP contribution in [0.2, 0.25) is 0 Å². The molecule has 0 spiro atoms. The second-order valence-electron chi connectivity index (χ2n) is 5.20. The van der Waals surface area contributed by atoms with E-state index in [9.17, 15) is 10.0 Å². The van der Waals surface area contributed by atoms with E-state index in [2.05, 4.69) is 13.0 Å². The quantitative estimate of drug-likeness (QED) is 0.374. The van der Waals surface area contributed by atoms with Gasteiger partial charge in [0.2, 0.25) is 0 Å². The predicted molar refractivity (Wildman–Crippen MR) is 85.6 cm³/mol. The smallest absolute Gasteiger partial charge is 0.251 e. The molecule has 0 aliphatic rings. The summed E-state index contributed by atoms with van der Waals surface area (Å²) in [7, 11) is 0. The second-order valence-corrected chi connectivity index (χ2v) is 6.19. The molecule has 0 saturated carbocycles. The highest BCUT2D eigenvalue weighted by Crippen LogP contribution is 2.28. The number of benzene rings is 1. The van der Waals surface area contributed by atoms with E-state index in [0.29, 0.717) is 10.8 Å². The van der Waals surface area contributed by atoms with Crippen LogP contribution in [0.3, 0.4) is 0 Å². The van der Waals surface area contributed by atoms with Gasteiger partial charge in [0, 0.05) is 23.4 Å². The summed E-state index contributed by atoms with van der Waals surface area (Å²) in [6, 6.07) is 7.43. The van der Waals surface area contributed by atoms with Crippen LogP contribution in [-0.4, -0.2) is 5.78 Å². The van der Waals surface area contributed by atoms with Crippen molar-refractivity contribution in [3.63, 3.8) is 0 Å². The zero-order chi connectivity index (χ0) is 15.6. The normalized spacial score (nSPS) is 10.7. The molecule has 0 fully saturated rings. The number of carbonyl (C=O) groups is 1. The average molecular weight is 301 g/mol. The van der Waals surface area contributed by atoms with Gasteiger partial charge < -0.3 is 5.21 Å². The number of thioether (sulfide) groups is 1. The predicted octanol–water partition coefficient (Wildman–Crippen LogP) is 3.74. The molecule has 4 heteroatoms. The van der Waals surface area contributed by atoms with Crippen LogP contribution in [0.5, 0.6) is 0 Å². The van der Waals surface area contributed by atoms with Crippen LogP contribution in [0.15, 0.2) is 35.5 Å². The lowest BCUT2D eigenvalue weighted by Gasteiger charge is -2.15. The number of hydrogen-bond donors (Lipinski definition) is 0. The lowest BCUT2D eigenvalue weighted by atomic mass is 9.92. The molecule has 1 aromatic heterocycles. The number of aromatic nitrogens is 1. The molecule has 2 aromatic rings. The Morgan fingerprint density at radius 1 is 1.24 bits per heavy atom. The standard InChI is InChI=1S/C17H19NO2S/c1-11-9-12(2)17(14(4)19)13(3)15(11)10-21-16-7-5-6-8-18(16)20/h5-9H,10H2,1-4H3.